The van der Waals surface area contributed by atoms with Gasteiger partial charge in [0.25, 0.3) is 0 Å². The molecule has 30 heavy (non-hydrogen) atoms. The topological polar surface area (TPSA) is 76.6 Å². The van der Waals surface area contributed by atoms with E-state index >= 15 is 0 Å². The van der Waals surface area contributed by atoms with Crippen molar-refractivity contribution < 1.29 is 14.3 Å². The second-order valence-corrected chi connectivity index (χ2v) is 8.20. The fourth-order valence-corrected chi connectivity index (χ4v) is 4.87. The maximum Gasteiger partial charge on any atom is 0.246 e. The van der Waals surface area contributed by atoms with Crippen molar-refractivity contribution in [2.45, 2.75) is 31.7 Å². The summed E-state index contributed by atoms with van der Waals surface area (Å²) in [6.07, 6.45) is 2.24. The number of ether oxygens (including phenoxy) is 2. The van der Waals surface area contributed by atoms with Crippen molar-refractivity contribution in [2.75, 3.05) is 40.5 Å². The molecule has 2 aromatic rings. The van der Waals surface area contributed by atoms with Gasteiger partial charge >= 0.3 is 0 Å². The standard InChI is InChI=1S/C23H30N4O3/c1-15-25-20(18-6-4-5-7-22(18)30-3)11-21(26-15)19-13-27-9-8-16(19)10-17(27)12-24-23(28)14-29-2/h4-7,11,16-17,19H,8-10,12-14H2,1-3H3,(H,24,28)/t16-,17+,19-/m0/s1. The van der Waals surface area contributed by atoms with Crippen LogP contribution in [0.5, 0.6) is 5.75 Å². The summed E-state index contributed by atoms with van der Waals surface area (Å²) in [6, 6.07) is 10.5. The molecule has 4 heterocycles. The van der Waals surface area contributed by atoms with Gasteiger partial charge in [0.1, 0.15) is 18.2 Å². The summed E-state index contributed by atoms with van der Waals surface area (Å²) in [5.74, 6) is 2.51. The predicted octanol–water partition coefficient (Wildman–Crippen LogP) is 2.40. The molecule has 0 radical (unpaired) electrons. The minimum absolute atomic E-state index is 0.0513. The van der Waals surface area contributed by atoms with Gasteiger partial charge in [-0.1, -0.05) is 12.1 Å². The van der Waals surface area contributed by atoms with Gasteiger partial charge in [0.2, 0.25) is 5.91 Å². The van der Waals surface area contributed by atoms with Gasteiger partial charge in [0.15, 0.2) is 0 Å². The van der Waals surface area contributed by atoms with Crippen molar-refractivity contribution in [3.63, 3.8) is 0 Å². The molecule has 5 rings (SSSR count). The Morgan fingerprint density at radius 1 is 1.27 bits per heavy atom. The molecular formula is C23H30N4O3. The van der Waals surface area contributed by atoms with E-state index in [2.05, 4.69) is 21.3 Å². The van der Waals surface area contributed by atoms with E-state index < -0.39 is 0 Å². The predicted molar refractivity (Wildman–Crippen MR) is 114 cm³/mol. The minimum Gasteiger partial charge on any atom is -0.496 e. The zero-order valence-corrected chi connectivity index (χ0v) is 17.9. The lowest BCUT2D eigenvalue weighted by Crippen LogP contribution is -2.56. The summed E-state index contributed by atoms with van der Waals surface area (Å²) in [7, 11) is 3.23. The first kappa shape index (κ1) is 20.8. The van der Waals surface area contributed by atoms with Crippen molar-refractivity contribution >= 4 is 5.91 Å². The lowest BCUT2D eigenvalue weighted by molar-refractivity contribution is -0.125. The number of aromatic nitrogens is 2. The molecule has 0 saturated carbocycles. The van der Waals surface area contributed by atoms with Gasteiger partial charge in [-0.25, -0.2) is 9.97 Å². The molecule has 1 unspecified atom stereocenters. The second kappa shape index (κ2) is 9.10. The number of benzene rings is 1. The Bertz CT molecular complexity index is 904. The number of para-hydroxylation sites is 1. The quantitative estimate of drug-likeness (QED) is 0.755. The summed E-state index contributed by atoms with van der Waals surface area (Å²) in [4.78, 5) is 23.8. The van der Waals surface area contributed by atoms with Crippen LogP contribution in [0.3, 0.4) is 0 Å². The first-order chi connectivity index (χ1) is 14.6. The third-order valence-corrected chi connectivity index (χ3v) is 6.31. The summed E-state index contributed by atoms with van der Waals surface area (Å²) in [5, 5.41) is 3.00. The number of carbonyl (C=O) groups excluding carboxylic acids is 1. The normalized spacial score (nSPS) is 25.2. The molecule has 3 saturated heterocycles. The average Bonchev–Trinajstić information content (AvgIpc) is 2.77. The van der Waals surface area contributed by atoms with Crippen LogP contribution in [0, 0.1) is 12.8 Å². The SMILES string of the molecule is COCC(=O)NC[C@H]1C[C@@H]2CCN1C[C@@H]2c1cc(-c2ccccc2OC)nc(C)n1. The van der Waals surface area contributed by atoms with Crippen molar-refractivity contribution in [3.8, 4) is 17.0 Å². The van der Waals surface area contributed by atoms with Gasteiger partial charge in [-0.05, 0) is 50.4 Å². The highest BCUT2D eigenvalue weighted by atomic mass is 16.5. The van der Waals surface area contributed by atoms with Crippen LogP contribution >= 0.6 is 0 Å². The van der Waals surface area contributed by atoms with Crippen LogP contribution < -0.4 is 10.1 Å². The molecule has 7 heteroatoms. The lowest BCUT2D eigenvalue weighted by Gasteiger charge is -2.49. The Labute approximate surface area is 177 Å². The highest BCUT2D eigenvalue weighted by molar-refractivity contribution is 5.77. The Balaban J connectivity index is 1.52. The molecule has 3 fully saturated rings. The van der Waals surface area contributed by atoms with Crippen molar-refractivity contribution in [3.05, 3.63) is 41.9 Å². The highest BCUT2D eigenvalue weighted by Crippen LogP contribution is 2.42. The highest BCUT2D eigenvalue weighted by Gasteiger charge is 2.41. The fourth-order valence-electron chi connectivity index (χ4n) is 4.87. The maximum absolute atomic E-state index is 11.8. The zero-order valence-electron chi connectivity index (χ0n) is 17.9. The molecule has 4 atom stereocenters. The summed E-state index contributed by atoms with van der Waals surface area (Å²) < 4.78 is 10.4. The van der Waals surface area contributed by atoms with Gasteiger partial charge in [-0.15, -0.1) is 0 Å². The third kappa shape index (κ3) is 4.32. The Morgan fingerprint density at radius 2 is 2.10 bits per heavy atom. The molecule has 1 aromatic carbocycles. The van der Waals surface area contributed by atoms with Crippen LogP contribution in [0.15, 0.2) is 30.3 Å². The van der Waals surface area contributed by atoms with Crippen LogP contribution in [0.4, 0.5) is 0 Å². The van der Waals surface area contributed by atoms with Crippen LogP contribution in [-0.4, -0.2) is 67.3 Å². The van der Waals surface area contributed by atoms with Crippen LogP contribution in [0.25, 0.3) is 11.3 Å². The van der Waals surface area contributed by atoms with Gasteiger partial charge in [0.05, 0.1) is 12.8 Å². The Morgan fingerprint density at radius 3 is 2.83 bits per heavy atom. The van der Waals surface area contributed by atoms with Gasteiger partial charge < -0.3 is 14.8 Å². The molecule has 0 spiro atoms. The van der Waals surface area contributed by atoms with Crippen LogP contribution in [0.2, 0.25) is 0 Å². The summed E-state index contributed by atoms with van der Waals surface area (Å²) in [5.41, 5.74) is 3.02. The number of hydrogen-bond donors (Lipinski definition) is 1. The number of aryl methyl sites for hydroxylation is 1. The van der Waals surface area contributed by atoms with E-state index in [0.29, 0.717) is 24.4 Å². The van der Waals surface area contributed by atoms with Crippen molar-refractivity contribution in [1.82, 2.24) is 20.2 Å². The van der Waals surface area contributed by atoms with Crippen LogP contribution in [0.1, 0.15) is 30.3 Å². The molecule has 2 bridgehead atoms. The molecule has 1 aromatic heterocycles. The van der Waals surface area contributed by atoms with E-state index in [1.807, 2.05) is 31.2 Å². The summed E-state index contributed by atoms with van der Waals surface area (Å²) in [6.45, 7) is 4.80. The molecule has 0 aliphatic carbocycles. The number of hydrogen-bond acceptors (Lipinski definition) is 6. The van der Waals surface area contributed by atoms with E-state index in [1.54, 1.807) is 14.2 Å². The van der Waals surface area contributed by atoms with Gasteiger partial charge in [0, 0.05) is 43.4 Å². The molecule has 3 aliphatic rings. The van der Waals surface area contributed by atoms with Gasteiger partial charge in [-0.2, -0.15) is 0 Å². The first-order valence-corrected chi connectivity index (χ1v) is 10.6. The number of carbonyl (C=O) groups is 1. The Kier molecular flexibility index (Phi) is 6.29. The smallest absolute Gasteiger partial charge is 0.246 e. The minimum atomic E-state index is -0.0513. The van der Waals surface area contributed by atoms with E-state index in [4.69, 9.17) is 14.5 Å². The van der Waals surface area contributed by atoms with E-state index in [0.717, 1.165) is 48.0 Å². The largest absolute Gasteiger partial charge is 0.496 e. The monoisotopic (exact) mass is 410 g/mol. The number of nitrogens with one attached hydrogen (secondary N) is 1. The molecule has 3 aliphatic heterocycles. The number of nitrogens with zero attached hydrogens (tertiary/aromatic N) is 3. The van der Waals surface area contributed by atoms with E-state index in [9.17, 15) is 4.79 Å². The van der Waals surface area contributed by atoms with Gasteiger partial charge in [-0.3, -0.25) is 9.69 Å². The molecule has 160 valence electrons. The van der Waals surface area contributed by atoms with Crippen molar-refractivity contribution in [1.29, 1.82) is 0 Å². The average molecular weight is 411 g/mol. The van der Waals surface area contributed by atoms with E-state index in [-0.39, 0.29) is 12.5 Å². The number of rotatable bonds is 7. The zero-order chi connectivity index (χ0) is 21.1. The molecular weight excluding hydrogens is 380 g/mol. The van der Waals surface area contributed by atoms with Crippen molar-refractivity contribution in [2.24, 2.45) is 5.92 Å². The van der Waals surface area contributed by atoms with Crippen LogP contribution in [-0.2, 0) is 9.53 Å². The van der Waals surface area contributed by atoms with E-state index in [1.165, 1.54) is 6.42 Å². The number of methoxy groups -OCH3 is 2. The molecule has 7 nitrogen and oxygen atoms in total. The molecule has 1 N–H and O–H groups in total. The third-order valence-electron chi connectivity index (χ3n) is 6.31. The fraction of sp³-hybridized carbons (Fsp3) is 0.522. The first-order valence-electron chi connectivity index (χ1n) is 10.6. The number of piperidine rings is 3. The molecule has 1 amide bonds. The maximum atomic E-state index is 11.8. The summed E-state index contributed by atoms with van der Waals surface area (Å²) >= 11 is 0. The Hall–Kier alpha value is -2.51. The second-order valence-electron chi connectivity index (χ2n) is 8.20. The lowest BCUT2D eigenvalue weighted by atomic mass is 9.74. The number of fused-ring (bicyclic) bond motifs is 3. The number of amides is 1.